The van der Waals surface area contributed by atoms with Gasteiger partial charge >= 0.3 is 6.18 Å². The van der Waals surface area contributed by atoms with Crippen molar-refractivity contribution in [1.82, 2.24) is 14.7 Å². The van der Waals surface area contributed by atoms with Gasteiger partial charge < -0.3 is 9.80 Å². The molecule has 0 saturated carbocycles. The minimum atomic E-state index is -4.38. The van der Waals surface area contributed by atoms with E-state index in [1.54, 1.807) is 17.9 Å². The van der Waals surface area contributed by atoms with Crippen LogP contribution in [0.3, 0.4) is 0 Å². The molecule has 1 aromatic carbocycles. The van der Waals surface area contributed by atoms with Gasteiger partial charge in [-0.15, -0.1) is 0 Å². The zero-order valence-electron chi connectivity index (χ0n) is 18.0. The van der Waals surface area contributed by atoms with Gasteiger partial charge in [-0.05, 0) is 37.5 Å². The first kappa shape index (κ1) is 22.2. The van der Waals surface area contributed by atoms with E-state index in [9.17, 15) is 18.0 Å². The van der Waals surface area contributed by atoms with Gasteiger partial charge in [0.05, 0.1) is 12.1 Å². The van der Waals surface area contributed by atoms with Crippen molar-refractivity contribution in [3.63, 3.8) is 0 Å². The molecule has 2 aliphatic heterocycles. The molecule has 2 aliphatic rings. The molecule has 3 heterocycles. The summed E-state index contributed by atoms with van der Waals surface area (Å²) in [4.78, 5) is 15.6. The third-order valence-electron chi connectivity index (χ3n) is 5.64. The topological polar surface area (TPSA) is 41.4 Å². The number of carbonyl (C=O) groups is 1. The van der Waals surface area contributed by atoms with Crippen molar-refractivity contribution in [3.05, 3.63) is 40.6 Å². The van der Waals surface area contributed by atoms with Crippen molar-refractivity contribution in [2.75, 3.05) is 18.0 Å². The summed E-state index contributed by atoms with van der Waals surface area (Å²) < 4.78 is 41.8. The van der Waals surface area contributed by atoms with Gasteiger partial charge in [-0.3, -0.25) is 9.48 Å². The average Bonchev–Trinajstić information content (AvgIpc) is 3.11. The molecule has 0 atom stereocenters. The smallest absolute Gasteiger partial charge is 0.338 e. The number of nitrogens with zero attached hydrogens (tertiary/aromatic N) is 4. The van der Waals surface area contributed by atoms with Crippen LogP contribution in [0.4, 0.5) is 24.7 Å². The van der Waals surface area contributed by atoms with Crippen molar-refractivity contribution in [1.29, 1.82) is 0 Å². The van der Waals surface area contributed by atoms with Gasteiger partial charge in [-0.1, -0.05) is 19.9 Å². The van der Waals surface area contributed by atoms with Crippen LogP contribution in [-0.4, -0.2) is 33.7 Å². The van der Waals surface area contributed by atoms with Crippen molar-refractivity contribution >= 4 is 17.4 Å². The zero-order valence-corrected chi connectivity index (χ0v) is 18.0. The van der Waals surface area contributed by atoms with Crippen LogP contribution in [0.15, 0.2) is 18.2 Å². The first-order valence-corrected chi connectivity index (χ1v) is 10.6. The van der Waals surface area contributed by atoms with Crippen LogP contribution in [0.1, 0.15) is 56.5 Å². The van der Waals surface area contributed by atoms with Gasteiger partial charge in [-0.25, -0.2) is 0 Å². The highest BCUT2D eigenvalue weighted by Crippen LogP contribution is 2.40. The van der Waals surface area contributed by atoms with Crippen LogP contribution < -0.4 is 4.90 Å². The Kier molecular flexibility index (Phi) is 6.43. The number of halogens is 3. The standard InChI is InChI=1S/C20H23F3N4O.C2H6/c1-3-27-17-8-10-25(13(2)28)12-16(17)19(24-27)26-9-4-5-14-6-7-15(11-18(14)26)20(21,22)23;1-2/h6-7,11H,3-5,8-10,12H2,1-2H3;1-2H3. The number of amides is 1. The number of hydrogen-bond donors (Lipinski definition) is 0. The number of alkyl halides is 3. The van der Waals surface area contributed by atoms with E-state index in [1.165, 1.54) is 6.07 Å². The zero-order chi connectivity index (χ0) is 22.1. The van der Waals surface area contributed by atoms with E-state index in [0.717, 1.165) is 35.7 Å². The Balaban J connectivity index is 0.00000124. The highest BCUT2D eigenvalue weighted by molar-refractivity contribution is 5.75. The predicted molar refractivity (Wildman–Crippen MR) is 111 cm³/mol. The van der Waals surface area contributed by atoms with Crippen molar-refractivity contribution in [3.8, 4) is 0 Å². The molecule has 0 aliphatic carbocycles. The quantitative estimate of drug-likeness (QED) is 0.689. The lowest BCUT2D eigenvalue weighted by Crippen LogP contribution is -2.35. The normalized spacial score (nSPS) is 15.8. The molecule has 4 rings (SSSR count). The SMILES string of the molecule is CC.CCn1nc(N2CCCc3ccc(C(F)(F)F)cc32)c2c1CCN(C(C)=O)C2. The lowest BCUT2D eigenvalue weighted by atomic mass is 9.98. The van der Waals surface area contributed by atoms with Crippen LogP contribution in [-0.2, 0) is 36.9 Å². The molecule has 0 unspecified atom stereocenters. The van der Waals surface area contributed by atoms with E-state index in [-0.39, 0.29) is 5.91 Å². The van der Waals surface area contributed by atoms with Gasteiger partial charge in [0.2, 0.25) is 5.91 Å². The second-order valence-electron chi connectivity index (χ2n) is 7.35. The summed E-state index contributed by atoms with van der Waals surface area (Å²) in [7, 11) is 0. The largest absolute Gasteiger partial charge is 0.416 e. The Morgan fingerprint density at radius 1 is 1.17 bits per heavy atom. The number of aryl methyl sites for hydroxylation is 2. The van der Waals surface area contributed by atoms with Gasteiger partial charge in [0.25, 0.3) is 0 Å². The summed E-state index contributed by atoms with van der Waals surface area (Å²) in [5.74, 6) is 0.683. The van der Waals surface area contributed by atoms with E-state index < -0.39 is 11.7 Å². The van der Waals surface area contributed by atoms with Gasteiger partial charge in [0, 0.05) is 49.9 Å². The number of hydrogen-bond acceptors (Lipinski definition) is 3. The molecule has 164 valence electrons. The molecule has 0 fully saturated rings. The maximum absolute atomic E-state index is 13.3. The number of aromatic nitrogens is 2. The first-order chi connectivity index (χ1) is 14.3. The lowest BCUT2D eigenvalue weighted by molar-refractivity contribution is -0.137. The third kappa shape index (κ3) is 4.04. The van der Waals surface area contributed by atoms with Crippen LogP contribution in [0.5, 0.6) is 0 Å². The maximum atomic E-state index is 13.3. The minimum Gasteiger partial charge on any atom is -0.338 e. The Morgan fingerprint density at radius 2 is 1.90 bits per heavy atom. The summed E-state index contributed by atoms with van der Waals surface area (Å²) in [5, 5.41) is 4.74. The van der Waals surface area contributed by atoms with Gasteiger partial charge in [0.15, 0.2) is 5.82 Å². The Morgan fingerprint density at radius 3 is 2.53 bits per heavy atom. The summed E-state index contributed by atoms with van der Waals surface area (Å²) in [6.07, 6.45) is -2.08. The second kappa shape index (κ2) is 8.70. The molecule has 0 N–H and O–H groups in total. The highest BCUT2D eigenvalue weighted by Gasteiger charge is 2.34. The lowest BCUT2D eigenvalue weighted by Gasteiger charge is -2.33. The fourth-order valence-corrected chi connectivity index (χ4v) is 4.19. The monoisotopic (exact) mass is 422 g/mol. The molecule has 8 heteroatoms. The number of benzene rings is 1. The van der Waals surface area contributed by atoms with Crippen LogP contribution in [0.25, 0.3) is 0 Å². The van der Waals surface area contributed by atoms with E-state index in [0.29, 0.717) is 44.1 Å². The molecule has 2 aromatic rings. The number of rotatable bonds is 2. The molecule has 0 saturated heterocycles. The van der Waals surface area contributed by atoms with Crippen molar-refractivity contribution < 1.29 is 18.0 Å². The molecule has 0 radical (unpaired) electrons. The number of anilines is 2. The molecular formula is C22H29F3N4O. The predicted octanol–water partition coefficient (Wildman–Crippen LogP) is 4.94. The average molecular weight is 422 g/mol. The molecule has 0 spiro atoms. The van der Waals surface area contributed by atoms with E-state index in [4.69, 9.17) is 5.10 Å². The van der Waals surface area contributed by atoms with Crippen molar-refractivity contribution in [2.24, 2.45) is 0 Å². The second-order valence-corrected chi connectivity index (χ2v) is 7.35. The molecule has 1 amide bonds. The molecule has 0 bridgehead atoms. The summed E-state index contributed by atoms with van der Waals surface area (Å²) in [6.45, 7) is 9.93. The molecule has 5 nitrogen and oxygen atoms in total. The van der Waals surface area contributed by atoms with Crippen LogP contribution in [0.2, 0.25) is 0 Å². The summed E-state index contributed by atoms with van der Waals surface area (Å²) in [5.41, 5.74) is 2.86. The van der Waals surface area contributed by atoms with Gasteiger partial charge in [0.1, 0.15) is 0 Å². The van der Waals surface area contributed by atoms with Crippen LogP contribution in [0, 0.1) is 0 Å². The minimum absolute atomic E-state index is 0.000694. The van der Waals surface area contributed by atoms with E-state index >= 15 is 0 Å². The van der Waals surface area contributed by atoms with Crippen LogP contribution >= 0.6 is 0 Å². The van der Waals surface area contributed by atoms with Crippen molar-refractivity contribution in [2.45, 2.75) is 66.2 Å². The third-order valence-corrected chi connectivity index (χ3v) is 5.64. The van der Waals surface area contributed by atoms with E-state index in [2.05, 4.69) is 0 Å². The summed E-state index contributed by atoms with van der Waals surface area (Å²) >= 11 is 0. The number of fused-ring (bicyclic) bond motifs is 2. The highest BCUT2D eigenvalue weighted by atomic mass is 19.4. The Labute approximate surface area is 175 Å². The summed E-state index contributed by atoms with van der Waals surface area (Å²) in [6, 6.07) is 3.97. The maximum Gasteiger partial charge on any atom is 0.416 e. The first-order valence-electron chi connectivity index (χ1n) is 10.6. The fraction of sp³-hybridized carbons (Fsp3) is 0.545. The molecule has 1 aromatic heterocycles. The number of carbonyl (C=O) groups excluding carboxylic acids is 1. The Bertz CT molecular complexity index is 920. The van der Waals surface area contributed by atoms with E-state index in [1.807, 2.05) is 30.4 Å². The van der Waals surface area contributed by atoms with Gasteiger partial charge in [-0.2, -0.15) is 18.3 Å². The fourth-order valence-electron chi connectivity index (χ4n) is 4.19. The molecular weight excluding hydrogens is 393 g/mol. The molecule has 30 heavy (non-hydrogen) atoms. The Hall–Kier alpha value is -2.51.